The Kier molecular flexibility index (Phi) is 4.14. The van der Waals surface area contributed by atoms with Crippen LogP contribution in [-0.4, -0.2) is 26.5 Å². The number of nitrogens with one attached hydrogen (secondary N) is 1. The highest BCUT2D eigenvalue weighted by atomic mass is 32.2. The molecule has 0 aromatic heterocycles. The van der Waals surface area contributed by atoms with Gasteiger partial charge >= 0.3 is 0 Å². The summed E-state index contributed by atoms with van der Waals surface area (Å²) in [5.41, 5.74) is 0.278. The maximum absolute atomic E-state index is 12.6. The van der Waals surface area contributed by atoms with E-state index in [0.717, 1.165) is 12.1 Å². The van der Waals surface area contributed by atoms with Crippen LogP contribution in [0.2, 0.25) is 0 Å². The van der Waals surface area contributed by atoms with Crippen LogP contribution in [0.4, 0.5) is 4.39 Å². The maximum Gasteiger partial charge on any atom is 0.211 e. The Balaban J connectivity index is 2.63. The summed E-state index contributed by atoms with van der Waals surface area (Å²) in [7, 11) is -3.38. The zero-order valence-electron chi connectivity index (χ0n) is 8.73. The predicted octanol–water partition coefficient (Wildman–Crippen LogP) is 0.948. The van der Waals surface area contributed by atoms with Crippen LogP contribution in [0.25, 0.3) is 0 Å². The van der Waals surface area contributed by atoms with Crippen molar-refractivity contribution in [2.75, 3.05) is 12.3 Å². The minimum atomic E-state index is -3.38. The van der Waals surface area contributed by atoms with E-state index in [4.69, 9.17) is 0 Å². The van der Waals surface area contributed by atoms with Crippen LogP contribution in [0.1, 0.15) is 17.3 Å². The first-order chi connectivity index (χ1) is 7.44. The van der Waals surface area contributed by atoms with Crippen LogP contribution >= 0.6 is 0 Å². The number of ketones is 1. The molecule has 0 fully saturated rings. The minimum Gasteiger partial charge on any atom is -0.293 e. The number of carbonyl (C=O) groups is 1. The lowest BCUT2D eigenvalue weighted by Crippen LogP contribution is -2.30. The van der Waals surface area contributed by atoms with Crippen LogP contribution < -0.4 is 4.72 Å². The Labute approximate surface area is 93.5 Å². The molecule has 0 unspecified atom stereocenters. The lowest BCUT2D eigenvalue weighted by Gasteiger charge is -2.03. The number of benzene rings is 1. The lowest BCUT2D eigenvalue weighted by molar-refractivity contribution is 0.0997. The minimum absolute atomic E-state index is 0.0797. The van der Waals surface area contributed by atoms with Gasteiger partial charge in [-0.05, 0) is 31.2 Å². The van der Waals surface area contributed by atoms with Gasteiger partial charge in [0.15, 0.2) is 5.78 Å². The van der Waals surface area contributed by atoms with E-state index >= 15 is 0 Å². The summed E-state index contributed by atoms with van der Waals surface area (Å²) in [6.07, 6.45) is 0. The number of sulfonamides is 1. The second-order valence-electron chi connectivity index (χ2n) is 3.15. The molecule has 0 heterocycles. The zero-order chi connectivity index (χ0) is 12.2. The molecular formula is C10H12FNO3S. The van der Waals surface area contributed by atoms with Gasteiger partial charge in [0, 0.05) is 5.56 Å². The topological polar surface area (TPSA) is 63.2 Å². The molecule has 0 aliphatic rings. The summed E-state index contributed by atoms with van der Waals surface area (Å²) in [6.45, 7) is 1.17. The van der Waals surface area contributed by atoms with E-state index in [0.29, 0.717) is 0 Å². The van der Waals surface area contributed by atoms with Crippen LogP contribution in [0, 0.1) is 5.82 Å². The summed E-state index contributed by atoms with van der Waals surface area (Å²) in [5.74, 6) is -0.910. The second kappa shape index (κ2) is 5.18. The van der Waals surface area contributed by atoms with E-state index < -0.39 is 21.6 Å². The normalized spacial score (nSPS) is 11.4. The first-order valence-electron chi connectivity index (χ1n) is 4.70. The number of carbonyl (C=O) groups excluding carboxylic acids is 1. The van der Waals surface area contributed by atoms with Crippen molar-refractivity contribution in [3.8, 4) is 0 Å². The summed E-state index contributed by atoms with van der Waals surface area (Å²) >= 11 is 0. The molecule has 1 aromatic rings. The Hall–Kier alpha value is -1.27. The van der Waals surface area contributed by atoms with Gasteiger partial charge in [-0.3, -0.25) is 4.79 Å². The number of hydrogen-bond donors (Lipinski definition) is 1. The molecule has 4 nitrogen and oxygen atoms in total. The van der Waals surface area contributed by atoms with E-state index in [1.54, 1.807) is 0 Å². The zero-order valence-corrected chi connectivity index (χ0v) is 9.55. The van der Waals surface area contributed by atoms with Crippen LogP contribution in [-0.2, 0) is 10.0 Å². The van der Waals surface area contributed by atoms with Gasteiger partial charge in [0.1, 0.15) is 5.82 Å². The highest BCUT2D eigenvalue weighted by molar-refractivity contribution is 7.89. The number of rotatable bonds is 5. The molecule has 0 saturated carbocycles. The molecule has 88 valence electrons. The van der Waals surface area contributed by atoms with Crippen LogP contribution in [0.15, 0.2) is 24.3 Å². The van der Waals surface area contributed by atoms with Gasteiger partial charge in [-0.15, -0.1) is 0 Å². The number of hydrogen-bond acceptors (Lipinski definition) is 3. The van der Waals surface area contributed by atoms with Crippen LogP contribution in [0.5, 0.6) is 0 Å². The van der Waals surface area contributed by atoms with Crippen LogP contribution in [0.3, 0.4) is 0 Å². The Morgan fingerprint density at radius 3 is 2.38 bits per heavy atom. The van der Waals surface area contributed by atoms with E-state index in [1.165, 1.54) is 19.1 Å². The third kappa shape index (κ3) is 3.71. The van der Waals surface area contributed by atoms with E-state index in [2.05, 4.69) is 4.72 Å². The monoisotopic (exact) mass is 245 g/mol. The van der Waals surface area contributed by atoms with E-state index in [1.807, 2.05) is 0 Å². The number of halogens is 1. The molecule has 6 heteroatoms. The highest BCUT2D eigenvalue weighted by Gasteiger charge is 2.11. The summed E-state index contributed by atoms with van der Waals surface area (Å²) in [4.78, 5) is 11.5. The molecule has 0 bridgehead atoms. The molecular weight excluding hydrogens is 233 g/mol. The van der Waals surface area contributed by atoms with Crippen molar-refractivity contribution in [1.29, 1.82) is 0 Å². The SMILES string of the molecule is CCS(=O)(=O)NCC(=O)c1ccc(F)cc1. The molecule has 0 radical (unpaired) electrons. The van der Waals surface area contributed by atoms with Gasteiger partial charge in [-0.1, -0.05) is 0 Å². The Morgan fingerprint density at radius 1 is 1.31 bits per heavy atom. The summed E-state index contributed by atoms with van der Waals surface area (Å²) in [6, 6.07) is 4.94. The van der Waals surface area contributed by atoms with Crippen molar-refractivity contribution in [2.45, 2.75) is 6.92 Å². The Bertz CT molecular complexity index is 467. The van der Waals surface area contributed by atoms with Gasteiger partial charge < -0.3 is 0 Å². The van der Waals surface area contributed by atoms with Crippen molar-refractivity contribution in [3.63, 3.8) is 0 Å². The molecule has 0 amide bonds. The predicted molar refractivity (Wildman–Crippen MR) is 58.2 cm³/mol. The molecule has 1 rings (SSSR count). The van der Waals surface area contributed by atoms with Crippen molar-refractivity contribution < 1.29 is 17.6 Å². The second-order valence-corrected chi connectivity index (χ2v) is 5.25. The first-order valence-corrected chi connectivity index (χ1v) is 6.36. The summed E-state index contributed by atoms with van der Waals surface area (Å²) in [5, 5.41) is 0. The average molecular weight is 245 g/mol. The third-order valence-electron chi connectivity index (χ3n) is 2.00. The summed E-state index contributed by atoms with van der Waals surface area (Å²) < 4.78 is 36.8. The fraction of sp³-hybridized carbons (Fsp3) is 0.300. The quantitative estimate of drug-likeness (QED) is 0.785. The fourth-order valence-electron chi connectivity index (χ4n) is 1.02. The molecule has 0 spiro atoms. The van der Waals surface area contributed by atoms with Gasteiger partial charge in [-0.2, -0.15) is 0 Å². The maximum atomic E-state index is 12.6. The highest BCUT2D eigenvalue weighted by Crippen LogP contribution is 2.03. The van der Waals surface area contributed by atoms with E-state index in [9.17, 15) is 17.6 Å². The first kappa shape index (κ1) is 12.8. The molecule has 0 atom stereocenters. The van der Waals surface area contributed by atoms with Crippen molar-refractivity contribution >= 4 is 15.8 Å². The molecule has 1 aromatic carbocycles. The third-order valence-corrected chi connectivity index (χ3v) is 3.34. The lowest BCUT2D eigenvalue weighted by atomic mass is 10.1. The van der Waals surface area contributed by atoms with Gasteiger partial charge in [0.2, 0.25) is 10.0 Å². The largest absolute Gasteiger partial charge is 0.293 e. The molecule has 0 aliphatic carbocycles. The van der Waals surface area contributed by atoms with Gasteiger partial charge in [0.05, 0.1) is 12.3 Å². The average Bonchev–Trinajstić information content (AvgIpc) is 2.27. The van der Waals surface area contributed by atoms with Gasteiger partial charge in [-0.25, -0.2) is 17.5 Å². The van der Waals surface area contributed by atoms with Gasteiger partial charge in [0.25, 0.3) is 0 Å². The van der Waals surface area contributed by atoms with Crippen molar-refractivity contribution in [2.24, 2.45) is 0 Å². The molecule has 1 N–H and O–H groups in total. The van der Waals surface area contributed by atoms with Crippen molar-refractivity contribution in [3.05, 3.63) is 35.6 Å². The standard InChI is InChI=1S/C10H12FNO3S/c1-2-16(14,15)12-7-10(13)8-3-5-9(11)6-4-8/h3-6,12H,2,7H2,1H3. The molecule has 0 saturated heterocycles. The smallest absolute Gasteiger partial charge is 0.211 e. The molecule has 16 heavy (non-hydrogen) atoms. The fourth-order valence-corrected chi connectivity index (χ4v) is 1.57. The van der Waals surface area contributed by atoms with Crippen molar-refractivity contribution in [1.82, 2.24) is 4.72 Å². The number of Topliss-reactive ketones (excluding diaryl/α,β-unsaturated/α-hetero) is 1. The Morgan fingerprint density at radius 2 is 1.88 bits per heavy atom. The van der Waals surface area contributed by atoms with E-state index in [-0.39, 0.29) is 17.9 Å². The molecule has 0 aliphatic heterocycles.